The molecule has 4 N–H and O–H groups in total. The van der Waals surface area contributed by atoms with Crippen LogP contribution in [0.15, 0.2) is 0 Å². The van der Waals surface area contributed by atoms with E-state index in [-0.39, 0.29) is 0 Å². The van der Waals surface area contributed by atoms with E-state index in [2.05, 4.69) is 0 Å². The van der Waals surface area contributed by atoms with Crippen LogP contribution in [0, 0.1) is 0 Å². The molecule has 0 saturated carbocycles. The van der Waals surface area contributed by atoms with Crippen LogP contribution in [0.5, 0.6) is 0 Å². The molecule has 140 valence electrons. The van der Waals surface area contributed by atoms with Crippen molar-refractivity contribution >= 4 is 0 Å². The van der Waals surface area contributed by atoms with Crippen molar-refractivity contribution in [3.63, 3.8) is 0 Å². The fraction of sp³-hybridized carbons (Fsp3) is 1.00. The summed E-state index contributed by atoms with van der Waals surface area (Å²) in [4.78, 5) is 0. The van der Waals surface area contributed by atoms with E-state index in [1.807, 2.05) is 0 Å². The molecule has 0 aromatic rings. The van der Waals surface area contributed by atoms with Crippen LogP contribution in [0.4, 0.5) is 0 Å². The summed E-state index contributed by atoms with van der Waals surface area (Å²) < 4.78 is 8.26. The average Bonchev–Trinajstić information content (AvgIpc) is 1.92. The van der Waals surface area contributed by atoms with Gasteiger partial charge in [0.1, 0.15) is 0 Å². The molecule has 0 spiro atoms. The van der Waals surface area contributed by atoms with Crippen molar-refractivity contribution in [1.82, 2.24) is 0 Å². The first-order valence-electron chi connectivity index (χ1n) is 7.06. The molecule has 0 aromatic carbocycles. The van der Waals surface area contributed by atoms with Crippen LogP contribution in [0.3, 0.4) is 0 Å². The van der Waals surface area contributed by atoms with Crippen LogP contribution in [0.1, 0.15) is 83.1 Å². The summed E-state index contributed by atoms with van der Waals surface area (Å²) in [5.41, 5.74) is -2.00. The van der Waals surface area contributed by atoms with Gasteiger partial charge < -0.3 is 20.4 Å². The van der Waals surface area contributed by atoms with Gasteiger partial charge >= 0.3 is 23.2 Å². The molecule has 0 atom stereocenters. The predicted octanol–water partition coefficient (Wildman–Crippen LogP) is 2.99. The summed E-state index contributed by atoms with van der Waals surface area (Å²) in [7, 11) is 0. The molecule has 0 unspecified atom stereocenters. The number of hydrogen-bond acceptors (Lipinski definition) is 5. The second-order valence-corrected chi connectivity index (χ2v) is 8.68. The monoisotopic (exact) mass is 410 g/mol. The second-order valence-electron chi connectivity index (χ2n) is 8.68. The molecule has 0 aromatic heterocycles. The molecule has 0 saturated heterocycles. The Bertz CT molecular complexity index is 145. The minimum absolute atomic E-state index is 0.500. The van der Waals surface area contributed by atoms with E-state index in [4.69, 9.17) is 23.8 Å². The van der Waals surface area contributed by atoms with Crippen molar-refractivity contribution in [2.75, 3.05) is 0 Å². The molecule has 5 nitrogen and oxygen atoms in total. The van der Waals surface area contributed by atoms with E-state index in [1.54, 1.807) is 83.1 Å². The van der Waals surface area contributed by atoms with Gasteiger partial charge in [-0.05, 0) is 83.1 Å². The molecule has 0 bridgehead atoms. The first kappa shape index (κ1) is 33.8. The van der Waals surface area contributed by atoms with E-state index >= 15 is 0 Å². The fourth-order valence-corrected chi connectivity index (χ4v) is 0. The van der Waals surface area contributed by atoms with Gasteiger partial charge in [-0.25, -0.2) is 0 Å². The first-order chi connectivity index (χ1) is 9.00. The molecule has 0 aliphatic rings. The van der Waals surface area contributed by atoms with Gasteiger partial charge in [-0.15, -0.1) is 0 Å². The van der Waals surface area contributed by atoms with Crippen LogP contribution >= 0.6 is 0 Å². The van der Waals surface area contributed by atoms with Gasteiger partial charge in [0.05, 0.1) is 22.4 Å². The quantitative estimate of drug-likeness (QED) is 0.462. The Morgan fingerprint density at radius 3 is 0.409 bits per heavy atom. The molecule has 0 heterocycles. The zero-order valence-corrected chi connectivity index (χ0v) is 18.6. The van der Waals surface area contributed by atoms with Gasteiger partial charge in [0.2, 0.25) is 0 Å². The molecule has 0 amide bonds. The van der Waals surface area contributed by atoms with Crippen molar-refractivity contribution in [1.29, 1.82) is 0 Å². The average molecular weight is 408 g/mol. The first-order valence-corrected chi connectivity index (χ1v) is 7.88. The van der Waals surface area contributed by atoms with Crippen molar-refractivity contribution in [2.24, 2.45) is 0 Å². The molecule has 0 radical (unpaired) electrons. The predicted molar refractivity (Wildman–Crippen MR) is 88.6 cm³/mol. The molecule has 0 rings (SSSR count). The Morgan fingerprint density at radius 2 is 0.409 bits per heavy atom. The fourth-order valence-electron chi connectivity index (χ4n) is 0. The summed E-state index contributed by atoms with van der Waals surface area (Å²) >= 11 is 0.700. The minimum atomic E-state index is -0.500. The zero-order valence-electron chi connectivity index (χ0n) is 16.6. The standard InChI is InChI=1S/4C4H10O.Mo.O/c4*1-4(2,3)5;;/h4*5H,1-3H3;;. The normalized spacial score (nSPS) is 11.1. The van der Waals surface area contributed by atoms with Crippen LogP contribution in [0.25, 0.3) is 0 Å². The number of aliphatic hydroxyl groups is 4. The maximum absolute atomic E-state index is 8.52. The molecule has 0 aliphatic carbocycles. The molecular formula is C16H40MoO5. The second kappa shape index (κ2) is 14.9. The van der Waals surface area contributed by atoms with Crippen molar-refractivity contribution in [3.05, 3.63) is 0 Å². The Kier molecular flexibility index (Phi) is 22.9. The van der Waals surface area contributed by atoms with E-state index in [1.165, 1.54) is 0 Å². The van der Waals surface area contributed by atoms with Crippen LogP contribution in [-0.4, -0.2) is 42.8 Å². The topological polar surface area (TPSA) is 98.0 Å². The number of rotatable bonds is 0. The van der Waals surface area contributed by atoms with E-state index in [0.717, 1.165) is 0 Å². The van der Waals surface area contributed by atoms with Gasteiger partial charge in [-0.1, -0.05) is 0 Å². The van der Waals surface area contributed by atoms with Gasteiger partial charge in [0.15, 0.2) is 0 Å². The molecule has 6 heteroatoms. The van der Waals surface area contributed by atoms with Crippen LogP contribution < -0.4 is 0 Å². The van der Waals surface area contributed by atoms with Crippen molar-refractivity contribution in [3.8, 4) is 0 Å². The van der Waals surface area contributed by atoms with Crippen molar-refractivity contribution in [2.45, 2.75) is 105 Å². The Morgan fingerprint density at radius 1 is 0.409 bits per heavy atom. The van der Waals surface area contributed by atoms with E-state index < -0.39 is 22.4 Å². The summed E-state index contributed by atoms with van der Waals surface area (Å²) in [6.45, 7) is 20.9. The van der Waals surface area contributed by atoms with Gasteiger partial charge in [0, 0.05) is 0 Å². The molecule has 0 aliphatic heterocycles. The van der Waals surface area contributed by atoms with Crippen LogP contribution in [-0.2, 0) is 23.2 Å². The SMILES string of the molecule is CC(C)(C)O.CC(C)(C)O.CC(C)(C)O.CC(C)(C)O.[O]=[Mo]. The van der Waals surface area contributed by atoms with Gasteiger partial charge in [-0.2, -0.15) is 0 Å². The molecule has 0 fully saturated rings. The summed E-state index contributed by atoms with van der Waals surface area (Å²) in [6, 6.07) is 0. The molecule has 22 heavy (non-hydrogen) atoms. The van der Waals surface area contributed by atoms with Crippen molar-refractivity contribution < 1.29 is 43.6 Å². The zero-order chi connectivity index (χ0) is 20.0. The Hall–Kier alpha value is 0.328. The van der Waals surface area contributed by atoms with E-state index in [9.17, 15) is 0 Å². The summed E-state index contributed by atoms with van der Waals surface area (Å²) in [5, 5.41) is 34.1. The van der Waals surface area contributed by atoms with Gasteiger partial charge in [-0.3, -0.25) is 0 Å². The third-order valence-corrected chi connectivity index (χ3v) is 0. The summed E-state index contributed by atoms with van der Waals surface area (Å²) in [6.07, 6.45) is 0. The summed E-state index contributed by atoms with van der Waals surface area (Å²) in [5.74, 6) is 0. The van der Waals surface area contributed by atoms with Crippen LogP contribution in [0.2, 0.25) is 0 Å². The number of hydrogen-bond donors (Lipinski definition) is 4. The molecular weight excluding hydrogens is 368 g/mol. The third-order valence-electron chi connectivity index (χ3n) is 0. The Balaban J connectivity index is -0.0000000562. The van der Waals surface area contributed by atoms with Gasteiger partial charge in [0.25, 0.3) is 0 Å². The Labute approximate surface area is 149 Å². The maximum atomic E-state index is 8.52. The van der Waals surface area contributed by atoms with E-state index in [0.29, 0.717) is 19.8 Å². The third kappa shape index (κ3) is 70500.